The summed E-state index contributed by atoms with van der Waals surface area (Å²) < 4.78 is 18.8. The first kappa shape index (κ1) is 12.8. The molecule has 0 heterocycles. The van der Waals surface area contributed by atoms with E-state index in [9.17, 15) is 4.39 Å². The van der Waals surface area contributed by atoms with Crippen LogP contribution in [0.1, 0.15) is 12.0 Å². The molecule has 1 rings (SSSR count). The highest BCUT2D eigenvalue weighted by Crippen LogP contribution is 2.23. The zero-order valence-corrected chi connectivity index (χ0v) is 10.1. The fourth-order valence-corrected chi connectivity index (χ4v) is 1.34. The van der Waals surface area contributed by atoms with Crippen molar-refractivity contribution < 1.29 is 9.13 Å². The van der Waals surface area contributed by atoms with Gasteiger partial charge in [-0.05, 0) is 39.1 Å². The molecular weight excluding hydrogens is 207 g/mol. The van der Waals surface area contributed by atoms with Gasteiger partial charge in [0.05, 0.1) is 6.61 Å². The van der Waals surface area contributed by atoms with Gasteiger partial charge in [0, 0.05) is 18.3 Å². The number of nitrogen functional groups attached to an aromatic ring is 1. The lowest BCUT2D eigenvalue weighted by Crippen LogP contribution is -2.15. The summed E-state index contributed by atoms with van der Waals surface area (Å²) in [5.41, 5.74) is 6.88. The predicted molar refractivity (Wildman–Crippen MR) is 64.2 cm³/mol. The minimum Gasteiger partial charge on any atom is -0.490 e. The van der Waals surface area contributed by atoms with E-state index in [0.29, 0.717) is 12.3 Å². The van der Waals surface area contributed by atoms with E-state index >= 15 is 0 Å². The van der Waals surface area contributed by atoms with Gasteiger partial charge in [-0.1, -0.05) is 0 Å². The Morgan fingerprint density at radius 3 is 2.69 bits per heavy atom. The van der Waals surface area contributed by atoms with E-state index in [1.165, 1.54) is 6.07 Å². The fourth-order valence-electron chi connectivity index (χ4n) is 1.34. The molecule has 0 saturated carbocycles. The third kappa shape index (κ3) is 3.70. The van der Waals surface area contributed by atoms with E-state index in [0.717, 1.165) is 18.5 Å². The van der Waals surface area contributed by atoms with Crippen LogP contribution in [0.3, 0.4) is 0 Å². The monoisotopic (exact) mass is 226 g/mol. The average molecular weight is 226 g/mol. The van der Waals surface area contributed by atoms with Crippen LogP contribution in [0.15, 0.2) is 12.1 Å². The van der Waals surface area contributed by atoms with Gasteiger partial charge in [-0.2, -0.15) is 0 Å². The number of hydrogen-bond donors (Lipinski definition) is 1. The molecule has 0 aliphatic carbocycles. The number of aryl methyl sites for hydroxylation is 1. The quantitative estimate of drug-likeness (QED) is 0.617. The Bertz CT molecular complexity index is 353. The Morgan fingerprint density at radius 2 is 2.06 bits per heavy atom. The van der Waals surface area contributed by atoms with Gasteiger partial charge in [0.2, 0.25) is 0 Å². The SMILES string of the molecule is Cc1cc(OCCCN(C)C)c(F)cc1N. The summed E-state index contributed by atoms with van der Waals surface area (Å²) >= 11 is 0. The number of anilines is 1. The number of ether oxygens (including phenoxy) is 1. The molecule has 1 aromatic rings. The van der Waals surface area contributed by atoms with Gasteiger partial charge in [-0.15, -0.1) is 0 Å². The van der Waals surface area contributed by atoms with Crippen LogP contribution >= 0.6 is 0 Å². The molecule has 0 amide bonds. The number of hydrogen-bond acceptors (Lipinski definition) is 3. The summed E-state index contributed by atoms with van der Waals surface area (Å²) in [5.74, 6) is -0.113. The van der Waals surface area contributed by atoms with Crippen LogP contribution in [0, 0.1) is 12.7 Å². The van der Waals surface area contributed by atoms with Crippen molar-refractivity contribution in [1.82, 2.24) is 4.90 Å². The second-order valence-corrected chi connectivity index (χ2v) is 4.14. The highest BCUT2D eigenvalue weighted by Gasteiger charge is 2.06. The summed E-state index contributed by atoms with van der Waals surface area (Å²) in [7, 11) is 3.99. The van der Waals surface area contributed by atoms with Crippen molar-refractivity contribution in [2.24, 2.45) is 0 Å². The Labute approximate surface area is 96.0 Å². The Hall–Kier alpha value is -1.29. The van der Waals surface area contributed by atoms with E-state index < -0.39 is 5.82 Å². The zero-order valence-electron chi connectivity index (χ0n) is 10.1. The van der Waals surface area contributed by atoms with Crippen molar-refractivity contribution in [3.05, 3.63) is 23.5 Å². The third-order valence-corrected chi connectivity index (χ3v) is 2.33. The van der Waals surface area contributed by atoms with E-state index in [2.05, 4.69) is 4.90 Å². The maximum atomic E-state index is 13.4. The molecule has 3 nitrogen and oxygen atoms in total. The van der Waals surface area contributed by atoms with Crippen LogP contribution in [0.25, 0.3) is 0 Å². The number of benzene rings is 1. The summed E-state index contributed by atoms with van der Waals surface area (Å²) in [6.45, 7) is 3.27. The predicted octanol–water partition coefficient (Wildman–Crippen LogP) is 2.05. The van der Waals surface area contributed by atoms with Gasteiger partial charge in [-0.25, -0.2) is 4.39 Å². The van der Waals surface area contributed by atoms with Gasteiger partial charge in [0.25, 0.3) is 0 Å². The molecule has 0 radical (unpaired) electrons. The number of nitrogens with zero attached hydrogens (tertiary/aromatic N) is 1. The third-order valence-electron chi connectivity index (χ3n) is 2.33. The molecule has 1 aromatic carbocycles. The molecule has 0 spiro atoms. The molecule has 0 aliphatic rings. The number of nitrogens with two attached hydrogens (primary N) is 1. The molecule has 0 aliphatic heterocycles. The van der Waals surface area contributed by atoms with Crippen molar-refractivity contribution in [2.45, 2.75) is 13.3 Å². The maximum Gasteiger partial charge on any atom is 0.167 e. The highest BCUT2D eigenvalue weighted by molar-refractivity contribution is 5.50. The maximum absolute atomic E-state index is 13.4. The lowest BCUT2D eigenvalue weighted by atomic mass is 10.2. The Kier molecular flexibility index (Phi) is 4.55. The lowest BCUT2D eigenvalue weighted by Gasteiger charge is -2.12. The first-order chi connectivity index (χ1) is 7.50. The minimum atomic E-state index is -0.395. The average Bonchev–Trinajstić information content (AvgIpc) is 2.19. The van der Waals surface area contributed by atoms with Crippen molar-refractivity contribution in [2.75, 3.05) is 33.0 Å². The number of rotatable bonds is 5. The van der Waals surface area contributed by atoms with Crippen LogP contribution in [-0.4, -0.2) is 32.1 Å². The van der Waals surface area contributed by atoms with Crippen LogP contribution in [0.2, 0.25) is 0 Å². The molecule has 0 fully saturated rings. The molecule has 2 N–H and O–H groups in total. The summed E-state index contributed by atoms with van der Waals surface area (Å²) in [6.07, 6.45) is 0.871. The van der Waals surface area contributed by atoms with Gasteiger partial charge in [0.1, 0.15) is 0 Å². The normalized spacial score (nSPS) is 10.8. The fraction of sp³-hybridized carbons (Fsp3) is 0.500. The minimum absolute atomic E-state index is 0.283. The van der Waals surface area contributed by atoms with Crippen LogP contribution in [0.5, 0.6) is 5.75 Å². The molecule has 16 heavy (non-hydrogen) atoms. The van der Waals surface area contributed by atoms with Crippen molar-refractivity contribution in [3.8, 4) is 5.75 Å². The van der Waals surface area contributed by atoms with Crippen molar-refractivity contribution in [3.63, 3.8) is 0 Å². The molecule has 4 heteroatoms. The molecule has 0 saturated heterocycles. The molecule has 0 unspecified atom stereocenters. The molecule has 0 bridgehead atoms. The second-order valence-electron chi connectivity index (χ2n) is 4.14. The van der Waals surface area contributed by atoms with E-state index in [1.54, 1.807) is 6.07 Å². The topological polar surface area (TPSA) is 38.5 Å². The van der Waals surface area contributed by atoms with E-state index in [4.69, 9.17) is 10.5 Å². The Balaban J connectivity index is 2.51. The molecule has 0 aromatic heterocycles. The number of halogens is 1. The van der Waals surface area contributed by atoms with Crippen LogP contribution < -0.4 is 10.5 Å². The van der Waals surface area contributed by atoms with E-state index in [-0.39, 0.29) is 5.75 Å². The first-order valence-electron chi connectivity index (χ1n) is 5.34. The van der Waals surface area contributed by atoms with Crippen molar-refractivity contribution >= 4 is 5.69 Å². The molecular formula is C12H19FN2O. The van der Waals surface area contributed by atoms with Gasteiger partial charge in [-0.3, -0.25) is 0 Å². The first-order valence-corrected chi connectivity index (χ1v) is 5.34. The zero-order chi connectivity index (χ0) is 12.1. The summed E-state index contributed by atoms with van der Waals surface area (Å²) in [4.78, 5) is 2.06. The Morgan fingerprint density at radius 1 is 1.38 bits per heavy atom. The standard InChI is InChI=1S/C12H19FN2O/c1-9-7-12(10(13)8-11(9)14)16-6-4-5-15(2)3/h7-8H,4-6,14H2,1-3H3. The van der Waals surface area contributed by atoms with Crippen LogP contribution in [0.4, 0.5) is 10.1 Å². The second kappa shape index (κ2) is 5.70. The van der Waals surface area contributed by atoms with Gasteiger partial charge < -0.3 is 15.4 Å². The summed E-state index contributed by atoms with van der Waals surface area (Å²) in [6, 6.07) is 2.94. The largest absolute Gasteiger partial charge is 0.490 e. The van der Waals surface area contributed by atoms with Crippen LogP contribution in [-0.2, 0) is 0 Å². The van der Waals surface area contributed by atoms with Gasteiger partial charge in [0.15, 0.2) is 11.6 Å². The smallest absolute Gasteiger partial charge is 0.167 e. The lowest BCUT2D eigenvalue weighted by molar-refractivity contribution is 0.271. The molecule has 0 atom stereocenters. The highest BCUT2D eigenvalue weighted by atomic mass is 19.1. The molecule has 90 valence electrons. The van der Waals surface area contributed by atoms with Gasteiger partial charge >= 0.3 is 0 Å². The van der Waals surface area contributed by atoms with E-state index in [1.807, 2.05) is 21.0 Å². The summed E-state index contributed by atoms with van der Waals surface area (Å²) in [5, 5.41) is 0. The van der Waals surface area contributed by atoms with Crippen molar-refractivity contribution in [1.29, 1.82) is 0 Å².